The SMILES string of the molecule is CCCCCCC(=O)NC(=S)Nc1ccc(OCCOCC)cc1. The predicted molar refractivity (Wildman–Crippen MR) is 102 cm³/mol. The van der Waals surface area contributed by atoms with Gasteiger partial charge in [0, 0.05) is 18.7 Å². The van der Waals surface area contributed by atoms with Crippen LogP contribution in [0.3, 0.4) is 0 Å². The van der Waals surface area contributed by atoms with Gasteiger partial charge in [0.05, 0.1) is 6.61 Å². The zero-order valence-corrected chi connectivity index (χ0v) is 15.4. The molecular weight excluding hydrogens is 324 g/mol. The molecule has 134 valence electrons. The summed E-state index contributed by atoms with van der Waals surface area (Å²) in [5, 5.41) is 6.02. The highest BCUT2D eigenvalue weighted by atomic mass is 32.1. The summed E-state index contributed by atoms with van der Waals surface area (Å²) in [5.41, 5.74) is 0.809. The third kappa shape index (κ3) is 9.47. The van der Waals surface area contributed by atoms with Gasteiger partial charge in [-0.1, -0.05) is 26.2 Å². The van der Waals surface area contributed by atoms with Crippen molar-refractivity contribution in [1.29, 1.82) is 0 Å². The third-order valence-corrected chi connectivity index (χ3v) is 3.53. The molecule has 0 saturated carbocycles. The maximum atomic E-state index is 11.8. The number of hydrogen-bond donors (Lipinski definition) is 2. The fraction of sp³-hybridized carbons (Fsp3) is 0.556. The van der Waals surface area contributed by atoms with Gasteiger partial charge in [-0.3, -0.25) is 4.79 Å². The molecule has 0 atom stereocenters. The maximum absolute atomic E-state index is 11.8. The van der Waals surface area contributed by atoms with E-state index in [9.17, 15) is 4.79 Å². The molecule has 0 unspecified atom stereocenters. The van der Waals surface area contributed by atoms with Crippen LogP contribution in [0.15, 0.2) is 24.3 Å². The van der Waals surface area contributed by atoms with Crippen LogP contribution >= 0.6 is 12.2 Å². The Hall–Kier alpha value is -1.66. The summed E-state index contributed by atoms with van der Waals surface area (Å²) in [6.45, 7) is 5.88. The fourth-order valence-electron chi connectivity index (χ4n) is 2.06. The van der Waals surface area contributed by atoms with Crippen LogP contribution in [0.1, 0.15) is 46.0 Å². The summed E-state index contributed by atoms with van der Waals surface area (Å²) in [5.74, 6) is 0.727. The molecule has 1 aromatic rings. The van der Waals surface area contributed by atoms with E-state index in [4.69, 9.17) is 21.7 Å². The van der Waals surface area contributed by atoms with E-state index in [0.29, 0.717) is 31.4 Å². The van der Waals surface area contributed by atoms with E-state index < -0.39 is 0 Å². The molecule has 24 heavy (non-hydrogen) atoms. The number of thiocarbonyl (C=S) groups is 1. The number of benzene rings is 1. The van der Waals surface area contributed by atoms with Crippen LogP contribution in [0.25, 0.3) is 0 Å². The first kappa shape index (κ1) is 20.4. The molecule has 0 bridgehead atoms. The molecule has 0 saturated heterocycles. The molecule has 1 rings (SSSR count). The zero-order chi connectivity index (χ0) is 17.6. The minimum absolute atomic E-state index is 0.0421. The molecule has 6 heteroatoms. The van der Waals surface area contributed by atoms with E-state index in [2.05, 4.69) is 17.6 Å². The lowest BCUT2D eigenvalue weighted by molar-refractivity contribution is -0.119. The lowest BCUT2D eigenvalue weighted by atomic mass is 10.1. The Balaban J connectivity index is 2.27. The van der Waals surface area contributed by atoms with Gasteiger partial charge < -0.3 is 20.1 Å². The molecule has 0 spiro atoms. The van der Waals surface area contributed by atoms with Gasteiger partial charge in [0.1, 0.15) is 12.4 Å². The van der Waals surface area contributed by atoms with Crippen LogP contribution in [-0.4, -0.2) is 30.8 Å². The lowest BCUT2D eigenvalue weighted by Crippen LogP contribution is -2.33. The van der Waals surface area contributed by atoms with Crippen LogP contribution < -0.4 is 15.4 Å². The predicted octanol–water partition coefficient (Wildman–Crippen LogP) is 3.89. The summed E-state index contributed by atoms with van der Waals surface area (Å²) < 4.78 is 10.8. The molecule has 0 heterocycles. The number of nitrogens with one attached hydrogen (secondary N) is 2. The number of carbonyl (C=O) groups is 1. The minimum Gasteiger partial charge on any atom is -0.491 e. The van der Waals surface area contributed by atoms with E-state index in [0.717, 1.165) is 37.1 Å². The Bertz CT molecular complexity index is 492. The molecule has 5 nitrogen and oxygen atoms in total. The van der Waals surface area contributed by atoms with Crippen molar-refractivity contribution < 1.29 is 14.3 Å². The maximum Gasteiger partial charge on any atom is 0.226 e. The van der Waals surface area contributed by atoms with Crippen molar-refractivity contribution in [3.63, 3.8) is 0 Å². The number of carbonyl (C=O) groups excluding carboxylic acids is 1. The van der Waals surface area contributed by atoms with Crippen LogP contribution in [0.2, 0.25) is 0 Å². The van der Waals surface area contributed by atoms with Crippen LogP contribution in [-0.2, 0) is 9.53 Å². The second-order valence-electron chi connectivity index (χ2n) is 5.38. The Morgan fingerprint density at radius 3 is 2.50 bits per heavy atom. The first-order valence-corrected chi connectivity index (χ1v) is 8.98. The minimum atomic E-state index is -0.0421. The van der Waals surface area contributed by atoms with E-state index in [1.54, 1.807) is 0 Å². The van der Waals surface area contributed by atoms with Gasteiger partial charge >= 0.3 is 0 Å². The number of hydrogen-bond acceptors (Lipinski definition) is 4. The Kier molecular flexibility index (Phi) is 10.8. The standard InChI is InChI=1S/C18H28N2O3S/c1-3-5-6-7-8-17(21)20-18(24)19-15-9-11-16(12-10-15)23-14-13-22-4-2/h9-12H,3-8,13-14H2,1-2H3,(H2,19,20,21,24). The fourth-order valence-corrected chi connectivity index (χ4v) is 2.29. The van der Waals surface area contributed by atoms with E-state index >= 15 is 0 Å². The third-order valence-electron chi connectivity index (χ3n) is 3.32. The molecule has 0 radical (unpaired) electrons. The van der Waals surface area contributed by atoms with Crippen molar-refractivity contribution in [2.45, 2.75) is 46.0 Å². The normalized spacial score (nSPS) is 10.2. The van der Waals surface area contributed by atoms with Crippen molar-refractivity contribution in [2.24, 2.45) is 0 Å². The summed E-state index contributed by atoms with van der Waals surface area (Å²) in [4.78, 5) is 11.8. The van der Waals surface area contributed by atoms with Gasteiger partial charge in [0.25, 0.3) is 0 Å². The molecule has 1 aromatic carbocycles. The summed E-state index contributed by atoms with van der Waals surface area (Å²) >= 11 is 5.15. The summed E-state index contributed by atoms with van der Waals surface area (Å²) in [6.07, 6.45) is 4.81. The molecule has 2 N–H and O–H groups in total. The van der Waals surface area contributed by atoms with E-state index in [1.165, 1.54) is 0 Å². The highest BCUT2D eigenvalue weighted by Gasteiger charge is 2.05. The van der Waals surface area contributed by atoms with Crippen LogP contribution in [0.5, 0.6) is 5.75 Å². The highest BCUT2D eigenvalue weighted by Crippen LogP contribution is 2.15. The molecule has 0 aliphatic carbocycles. The average molecular weight is 353 g/mol. The average Bonchev–Trinajstić information content (AvgIpc) is 2.57. The first-order chi connectivity index (χ1) is 11.7. The lowest BCUT2D eigenvalue weighted by Gasteiger charge is -2.11. The summed E-state index contributed by atoms with van der Waals surface area (Å²) in [6, 6.07) is 7.42. The van der Waals surface area contributed by atoms with E-state index in [-0.39, 0.29) is 5.91 Å². The van der Waals surface area contributed by atoms with Gasteiger partial charge in [-0.25, -0.2) is 0 Å². The van der Waals surface area contributed by atoms with Crippen LogP contribution in [0, 0.1) is 0 Å². The molecule has 0 aromatic heterocycles. The molecule has 0 aliphatic rings. The summed E-state index contributed by atoms with van der Waals surface area (Å²) in [7, 11) is 0. The van der Waals surface area contributed by atoms with Crippen molar-refractivity contribution >= 4 is 28.9 Å². The monoisotopic (exact) mass is 352 g/mol. The second-order valence-corrected chi connectivity index (χ2v) is 5.79. The smallest absolute Gasteiger partial charge is 0.226 e. The molecular formula is C18H28N2O3S. The highest BCUT2D eigenvalue weighted by molar-refractivity contribution is 7.80. The number of unbranched alkanes of at least 4 members (excludes halogenated alkanes) is 3. The zero-order valence-electron chi connectivity index (χ0n) is 14.6. The largest absolute Gasteiger partial charge is 0.491 e. The molecule has 1 amide bonds. The van der Waals surface area contributed by atoms with Crippen molar-refractivity contribution in [3.05, 3.63) is 24.3 Å². The van der Waals surface area contributed by atoms with E-state index in [1.807, 2.05) is 31.2 Å². The quantitative estimate of drug-likeness (QED) is 0.467. The van der Waals surface area contributed by atoms with Gasteiger partial charge in [-0.2, -0.15) is 0 Å². The Morgan fingerprint density at radius 1 is 1.08 bits per heavy atom. The second kappa shape index (κ2) is 12.7. The number of ether oxygens (including phenoxy) is 2. The topological polar surface area (TPSA) is 59.6 Å². The first-order valence-electron chi connectivity index (χ1n) is 8.57. The molecule has 0 fully saturated rings. The number of anilines is 1. The van der Waals surface area contributed by atoms with Crippen molar-refractivity contribution in [3.8, 4) is 5.75 Å². The number of amides is 1. The van der Waals surface area contributed by atoms with Crippen LogP contribution in [0.4, 0.5) is 5.69 Å². The van der Waals surface area contributed by atoms with Crippen molar-refractivity contribution in [2.75, 3.05) is 25.1 Å². The Labute approximate surface area is 150 Å². The Morgan fingerprint density at radius 2 is 1.83 bits per heavy atom. The van der Waals surface area contributed by atoms with Gasteiger partial charge in [-0.05, 0) is 49.8 Å². The number of rotatable bonds is 11. The van der Waals surface area contributed by atoms with Crippen molar-refractivity contribution in [1.82, 2.24) is 5.32 Å². The molecule has 0 aliphatic heterocycles. The van der Waals surface area contributed by atoms with Gasteiger partial charge in [0.2, 0.25) is 5.91 Å². The van der Waals surface area contributed by atoms with Gasteiger partial charge in [0.15, 0.2) is 5.11 Å². The van der Waals surface area contributed by atoms with Gasteiger partial charge in [-0.15, -0.1) is 0 Å².